The van der Waals surface area contributed by atoms with Crippen LogP contribution < -0.4 is 10.5 Å². The zero-order valence-corrected chi connectivity index (χ0v) is 9.49. The van der Waals surface area contributed by atoms with E-state index in [1.54, 1.807) is 4.68 Å². The van der Waals surface area contributed by atoms with E-state index in [9.17, 15) is 0 Å². The number of aromatic nitrogens is 4. The molecule has 1 aromatic carbocycles. The van der Waals surface area contributed by atoms with Crippen LogP contribution in [0.5, 0.6) is 5.75 Å². The number of hydrogen-bond donors (Lipinski definition) is 1. The van der Waals surface area contributed by atoms with E-state index in [1.807, 2.05) is 30.3 Å². The van der Waals surface area contributed by atoms with Crippen LogP contribution in [-0.2, 0) is 13.1 Å². The molecule has 17 heavy (non-hydrogen) atoms. The van der Waals surface area contributed by atoms with Gasteiger partial charge in [0, 0.05) is 13.0 Å². The lowest BCUT2D eigenvalue weighted by Crippen LogP contribution is -2.12. The second-order valence-corrected chi connectivity index (χ2v) is 3.54. The molecule has 0 spiro atoms. The first-order valence-electron chi connectivity index (χ1n) is 5.53. The highest BCUT2D eigenvalue weighted by Gasteiger charge is 2.02. The van der Waals surface area contributed by atoms with Gasteiger partial charge in [0.2, 0.25) is 0 Å². The summed E-state index contributed by atoms with van der Waals surface area (Å²) < 4.78 is 7.27. The van der Waals surface area contributed by atoms with Crippen molar-refractivity contribution in [3.05, 3.63) is 36.2 Å². The Bertz CT molecular complexity index is 442. The van der Waals surface area contributed by atoms with Crippen LogP contribution in [-0.4, -0.2) is 26.8 Å². The highest BCUT2D eigenvalue weighted by Crippen LogP contribution is 2.08. The summed E-state index contributed by atoms with van der Waals surface area (Å²) in [6.45, 7) is 1.70. The predicted molar refractivity (Wildman–Crippen MR) is 62.3 cm³/mol. The molecule has 0 aliphatic carbocycles. The third-order valence-electron chi connectivity index (χ3n) is 2.31. The van der Waals surface area contributed by atoms with Crippen LogP contribution in [0, 0.1) is 0 Å². The summed E-state index contributed by atoms with van der Waals surface area (Å²) in [5.74, 6) is 1.58. The molecule has 2 rings (SSSR count). The molecule has 0 aliphatic rings. The van der Waals surface area contributed by atoms with Gasteiger partial charge in [0.15, 0.2) is 5.82 Å². The van der Waals surface area contributed by atoms with Crippen molar-refractivity contribution in [1.29, 1.82) is 0 Å². The number of nitrogens with zero attached hydrogens (tertiary/aromatic N) is 4. The fourth-order valence-electron chi connectivity index (χ4n) is 1.46. The van der Waals surface area contributed by atoms with Crippen molar-refractivity contribution in [2.75, 3.05) is 6.61 Å². The van der Waals surface area contributed by atoms with E-state index in [-0.39, 0.29) is 0 Å². The van der Waals surface area contributed by atoms with Gasteiger partial charge in [-0.15, -0.1) is 5.10 Å². The molecule has 2 aromatic rings. The number of ether oxygens (including phenoxy) is 1. The molecule has 0 aliphatic heterocycles. The van der Waals surface area contributed by atoms with Gasteiger partial charge in [0.05, 0.1) is 13.2 Å². The minimum absolute atomic E-state index is 0.354. The van der Waals surface area contributed by atoms with E-state index >= 15 is 0 Å². The third-order valence-corrected chi connectivity index (χ3v) is 2.31. The molecule has 2 N–H and O–H groups in total. The van der Waals surface area contributed by atoms with Gasteiger partial charge in [0.25, 0.3) is 0 Å². The van der Waals surface area contributed by atoms with Gasteiger partial charge in [-0.25, -0.2) is 4.68 Å². The van der Waals surface area contributed by atoms with Crippen molar-refractivity contribution < 1.29 is 4.74 Å². The SMILES string of the molecule is NCc1nnnn1CCCOc1ccccc1. The lowest BCUT2D eigenvalue weighted by atomic mass is 10.3. The van der Waals surface area contributed by atoms with Crippen LogP contribution in [0.1, 0.15) is 12.2 Å². The van der Waals surface area contributed by atoms with Crippen molar-refractivity contribution in [3.63, 3.8) is 0 Å². The maximum Gasteiger partial charge on any atom is 0.164 e. The van der Waals surface area contributed by atoms with Crippen LogP contribution in [0.3, 0.4) is 0 Å². The summed E-state index contributed by atoms with van der Waals surface area (Å²) in [5.41, 5.74) is 5.50. The zero-order valence-electron chi connectivity index (χ0n) is 9.49. The van der Waals surface area contributed by atoms with E-state index in [1.165, 1.54) is 0 Å². The number of hydrogen-bond acceptors (Lipinski definition) is 5. The Labute approximate surface area is 99.4 Å². The first-order valence-corrected chi connectivity index (χ1v) is 5.53. The van der Waals surface area contributed by atoms with Gasteiger partial charge in [0.1, 0.15) is 5.75 Å². The minimum atomic E-state index is 0.354. The third kappa shape index (κ3) is 3.25. The van der Waals surface area contributed by atoms with Crippen LogP contribution in [0.15, 0.2) is 30.3 Å². The number of nitrogens with two attached hydrogens (primary N) is 1. The second kappa shape index (κ2) is 5.95. The Balaban J connectivity index is 1.73. The average molecular weight is 233 g/mol. The predicted octanol–water partition coefficient (Wildman–Crippen LogP) is 0.601. The molecule has 0 atom stereocenters. The van der Waals surface area contributed by atoms with Gasteiger partial charge in [-0.3, -0.25) is 0 Å². The maximum absolute atomic E-state index is 5.56. The number of benzene rings is 1. The highest BCUT2D eigenvalue weighted by atomic mass is 16.5. The number of para-hydroxylation sites is 1. The standard InChI is InChI=1S/C11H15N5O/c12-9-11-13-14-15-16(11)7-4-8-17-10-5-2-1-3-6-10/h1-3,5-6H,4,7-9,12H2. The fourth-order valence-corrected chi connectivity index (χ4v) is 1.46. The quantitative estimate of drug-likeness (QED) is 0.739. The summed E-state index contributed by atoms with van der Waals surface area (Å²) in [6.07, 6.45) is 0.840. The Hall–Kier alpha value is -1.95. The zero-order chi connectivity index (χ0) is 11.9. The molecule has 0 radical (unpaired) electrons. The summed E-state index contributed by atoms with van der Waals surface area (Å²) in [5, 5.41) is 11.2. The van der Waals surface area contributed by atoms with Gasteiger partial charge in [-0.2, -0.15) is 0 Å². The minimum Gasteiger partial charge on any atom is -0.494 e. The lowest BCUT2D eigenvalue weighted by molar-refractivity contribution is 0.297. The molecular weight excluding hydrogens is 218 g/mol. The smallest absolute Gasteiger partial charge is 0.164 e. The Kier molecular flexibility index (Phi) is 4.04. The molecule has 0 unspecified atom stereocenters. The maximum atomic E-state index is 5.56. The van der Waals surface area contributed by atoms with E-state index in [4.69, 9.17) is 10.5 Å². The Morgan fingerprint density at radius 2 is 2.06 bits per heavy atom. The monoisotopic (exact) mass is 233 g/mol. The molecule has 0 saturated heterocycles. The molecule has 6 heteroatoms. The summed E-state index contributed by atoms with van der Waals surface area (Å²) >= 11 is 0. The van der Waals surface area contributed by atoms with Crippen LogP contribution in [0.4, 0.5) is 0 Å². The summed E-state index contributed by atoms with van der Waals surface area (Å²) in [6, 6.07) is 9.72. The molecule has 1 heterocycles. The van der Waals surface area contributed by atoms with E-state index < -0.39 is 0 Å². The van der Waals surface area contributed by atoms with Crippen molar-refractivity contribution in [2.45, 2.75) is 19.5 Å². The molecule has 0 bridgehead atoms. The number of aryl methyl sites for hydroxylation is 1. The molecule has 90 valence electrons. The molecule has 6 nitrogen and oxygen atoms in total. The molecule has 0 amide bonds. The van der Waals surface area contributed by atoms with Gasteiger partial charge in [-0.1, -0.05) is 18.2 Å². The van der Waals surface area contributed by atoms with E-state index in [0.29, 0.717) is 25.5 Å². The van der Waals surface area contributed by atoms with E-state index in [2.05, 4.69) is 15.5 Å². The number of tetrazole rings is 1. The van der Waals surface area contributed by atoms with E-state index in [0.717, 1.165) is 12.2 Å². The average Bonchev–Trinajstić information content (AvgIpc) is 2.83. The van der Waals surface area contributed by atoms with Crippen LogP contribution >= 0.6 is 0 Å². The topological polar surface area (TPSA) is 78.9 Å². The van der Waals surface area contributed by atoms with Gasteiger partial charge in [-0.05, 0) is 22.6 Å². The van der Waals surface area contributed by atoms with Crippen LogP contribution in [0.2, 0.25) is 0 Å². The van der Waals surface area contributed by atoms with Crippen molar-refractivity contribution in [2.24, 2.45) is 5.73 Å². The second-order valence-electron chi connectivity index (χ2n) is 3.54. The summed E-state index contributed by atoms with van der Waals surface area (Å²) in [7, 11) is 0. The van der Waals surface area contributed by atoms with Crippen molar-refractivity contribution in [1.82, 2.24) is 20.2 Å². The van der Waals surface area contributed by atoms with Crippen molar-refractivity contribution >= 4 is 0 Å². The first kappa shape index (κ1) is 11.5. The number of rotatable bonds is 6. The fraction of sp³-hybridized carbons (Fsp3) is 0.364. The Morgan fingerprint density at radius 1 is 1.24 bits per heavy atom. The molecular formula is C11H15N5O. The normalized spacial score (nSPS) is 10.4. The lowest BCUT2D eigenvalue weighted by Gasteiger charge is -2.06. The molecule has 1 aromatic heterocycles. The largest absolute Gasteiger partial charge is 0.494 e. The summed E-state index contributed by atoms with van der Waals surface area (Å²) in [4.78, 5) is 0. The van der Waals surface area contributed by atoms with Gasteiger partial charge >= 0.3 is 0 Å². The Morgan fingerprint density at radius 3 is 2.82 bits per heavy atom. The molecule has 0 saturated carbocycles. The van der Waals surface area contributed by atoms with Crippen LogP contribution in [0.25, 0.3) is 0 Å². The molecule has 0 fully saturated rings. The van der Waals surface area contributed by atoms with Gasteiger partial charge < -0.3 is 10.5 Å². The van der Waals surface area contributed by atoms with Crippen molar-refractivity contribution in [3.8, 4) is 5.75 Å². The highest BCUT2D eigenvalue weighted by molar-refractivity contribution is 5.20. The first-order chi connectivity index (χ1) is 8.40.